The summed E-state index contributed by atoms with van der Waals surface area (Å²) in [5.74, 6) is 0.346. The Hall–Kier alpha value is -1.26. The Kier molecular flexibility index (Phi) is 4.78. The first-order chi connectivity index (χ1) is 7.90. The third-order valence-electron chi connectivity index (χ3n) is 1.98. The van der Waals surface area contributed by atoms with E-state index in [1.165, 1.54) is 0 Å². The summed E-state index contributed by atoms with van der Waals surface area (Å²) in [4.78, 5) is 11.4. The second-order valence-corrected chi connectivity index (χ2v) is 4.50. The van der Waals surface area contributed by atoms with E-state index >= 15 is 0 Å². The van der Waals surface area contributed by atoms with E-state index in [2.05, 4.69) is 5.32 Å². The molecule has 0 saturated carbocycles. The van der Waals surface area contributed by atoms with E-state index in [0.717, 1.165) is 0 Å². The van der Waals surface area contributed by atoms with E-state index in [9.17, 15) is 4.79 Å². The van der Waals surface area contributed by atoms with Gasteiger partial charge in [-0.05, 0) is 39.0 Å². The van der Waals surface area contributed by atoms with Crippen LogP contribution in [-0.2, 0) is 4.79 Å². The van der Waals surface area contributed by atoms with E-state index < -0.39 is 6.04 Å². The normalized spacial score (nSPS) is 12.4. The second kappa shape index (κ2) is 5.89. The molecule has 0 heterocycles. The van der Waals surface area contributed by atoms with Crippen molar-refractivity contribution in [2.75, 3.05) is 5.32 Å². The minimum absolute atomic E-state index is 0.0528. The first kappa shape index (κ1) is 13.8. The van der Waals surface area contributed by atoms with E-state index in [0.29, 0.717) is 16.5 Å². The zero-order valence-corrected chi connectivity index (χ0v) is 10.9. The van der Waals surface area contributed by atoms with Crippen molar-refractivity contribution in [3.8, 4) is 5.75 Å². The lowest BCUT2D eigenvalue weighted by Gasteiger charge is -2.13. The average molecular weight is 257 g/mol. The molecule has 0 aliphatic heterocycles. The van der Waals surface area contributed by atoms with Crippen LogP contribution in [0.5, 0.6) is 5.75 Å². The maximum absolute atomic E-state index is 11.4. The van der Waals surface area contributed by atoms with Gasteiger partial charge in [0.25, 0.3) is 0 Å². The molecule has 0 aromatic heterocycles. The molecule has 1 rings (SSSR count). The Labute approximate surface area is 106 Å². The van der Waals surface area contributed by atoms with E-state index in [-0.39, 0.29) is 12.0 Å². The summed E-state index contributed by atoms with van der Waals surface area (Å²) in [5, 5.41) is 3.12. The number of rotatable bonds is 4. The van der Waals surface area contributed by atoms with Crippen molar-refractivity contribution in [1.82, 2.24) is 0 Å². The molecular weight excluding hydrogens is 240 g/mol. The molecule has 1 aromatic carbocycles. The van der Waals surface area contributed by atoms with Crippen molar-refractivity contribution in [1.29, 1.82) is 0 Å². The number of halogens is 1. The van der Waals surface area contributed by atoms with Crippen LogP contribution in [0.4, 0.5) is 5.69 Å². The number of nitrogens with one attached hydrogen (secondary N) is 1. The average Bonchev–Trinajstić information content (AvgIpc) is 2.21. The first-order valence-corrected chi connectivity index (χ1v) is 5.80. The smallest absolute Gasteiger partial charge is 0.240 e. The molecule has 94 valence electrons. The number of ether oxygens (including phenoxy) is 1. The topological polar surface area (TPSA) is 64.3 Å². The fourth-order valence-corrected chi connectivity index (χ4v) is 1.41. The van der Waals surface area contributed by atoms with Gasteiger partial charge in [0.05, 0.1) is 17.2 Å². The molecule has 17 heavy (non-hydrogen) atoms. The summed E-state index contributed by atoms with van der Waals surface area (Å²) in [6, 6.07) is 4.53. The molecule has 1 amide bonds. The van der Waals surface area contributed by atoms with E-state index in [1.807, 2.05) is 13.8 Å². The molecular formula is C12H17ClN2O2. The summed E-state index contributed by atoms with van der Waals surface area (Å²) < 4.78 is 5.48. The Morgan fingerprint density at radius 1 is 1.41 bits per heavy atom. The maximum atomic E-state index is 11.4. The van der Waals surface area contributed by atoms with Gasteiger partial charge in [-0.1, -0.05) is 11.6 Å². The number of carbonyl (C=O) groups is 1. The number of hydrogen-bond acceptors (Lipinski definition) is 3. The molecule has 0 unspecified atom stereocenters. The van der Waals surface area contributed by atoms with Crippen molar-refractivity contribution in [3.05, 3.63) is 23.2 Å². The Bertz CT molecular complexity index is 405. The van der Waals surface area contributed by atoms with Crippen LogP contribution >= 0.6 is 11.6 Å². The third-order valence-corrected chi connectivity index (χ3v) is 2.27. The standard InChI is InChI=1S/C12H17ClN2O2/c1-7(2)17-11-5-4-9(6-10(11)13)15-12(16)8(3)14/h4-8H,14H2,1-3H3,(H,15,16)/t8-/m0/s1. The van der Waals surface area contributed by atoms with Gasteiger partial charge in [-0.25, -0.2) is 0 Å². The van der Waals surface area contributed by atoms with Gasteiger partial charge in [-0.3, -0.25) is 4.79 Å². The fourth-order valence-electron chi connectivity index (χ4n) is 1.18. The zero-order valence-electron chi connectivity index (χ0n) is 10.2. The van der Waals surface area contributed by atoms with Crippen molar-refractivity contribution in [2.24, 2.45) is 5.73 Å². The molecule has 1 atom stereocenters. The zero-order chi connectivity index (χ0) is 13.0. The molecule has 0 bridgehead atoms. The number of carbonyl (C=O) groups excluding carboxylic acids is 1. The van der Waals surface area contributed by atoms with E-state index in [4.69, 9.17) is 22.1 Å². The highest BCUT2D eigenvalue weighted by atomic mass is 35.5. The summed E-state index contributed by atoms with van der Waals surface area (Å²) in [6.45, 7) is 5.46. The lowest BCUT2D eigenvalue weighted by Crippen LogP contribution is -2.32. The van der Waals surface area contributed by atoms with Crippen molar-refractivity contribution < 1.29 is 9.53 Å². The largest absolute Gasteiger partial charge is 0.489 e. The molecule has 0 radical (unpaired) electrons. The number of hydrogen-bond donors (Lipinski definition) is 2. The van der Waals surface area contributed by atoms with Crippen molar-refractivity contribution >= 4 is 23.2 Å². The summed E-state index contributed by atoms with van der Waals surface area (Å²) in [5.41, 5.74) is 6.05. The van der Waals surface area contributed by atoms with Gasteiger partial charge in [0.2, 0.25) is 5.91 Å². The number of benzene rings is 1. The second-order valence-electron chi connectivity index (χ2n) is 4.09. The van der Waals surface area contributed by atoms with Gasteiger partial charge in [0.15, 0.2) is 0 Å². The van der Waals surface area contributed by atoms with Crippen LogP contribution in [0.25, 0.3) is 0 Å². The van der Waals surface area contributed by atoms with Gasteiger partial charge < -0.3 is 15.8 Å². The van der Waals surface area contributed by atoms with Gasteiger partial charge in [0, 0.05) is 5.69 Å². The predicted octanol–water partition coefficient (Wildman–Crippen LogP) is 2.41. The number of amides is 1. The quantitative estimate of drug-likeness (QED) is 0.870. The maximum Gasteiger partial charge on any atom is 0.240 e. The lowest BCUT2D eigenvalue weighted by molar-refractivity contribution is -0.117. The lowest BCUT2D eigenvalue weighted by atomic mass is 10.2. The minimum atomic E-state index is -0.555. The summed E-state index contributed by atoms with van der Waals surface area (Å²) >= 11 is 6.03. The monoisotopic (exact) mass is 256 g/mol. The van der Waals surface area contributed by atoms with Crippen molar-refractivity contribution in [3.63, 3.8) is 0 Å². The Morgan fingerprint density at radius 2 is 2.06 bits per heavy atom. The highest BCUT2D eigenvalue weighted by molar-refractivity contribution is 6.32. The predicted molar refractivity (Wildman–Crippen MR) is 69.5 cm³/mol. The molecule has 5 heteroatoms. The first-order valence-electron chi connectivity index (χ1n) is 5.43. The summed E-state index contributed by atoms with van der Waals surface area (Å²) in [7, 11) is 0. The minimum Gasteiger partial charge on any atom is -0.489 e. The molecule has 0 aliphatic rings. The highest BCUT2D eigenvalue weighted by Gasteiger charge is 2.09. The molecule has 0 aliphatic carbocycles. The summed E-state index contributed by atoms with van der Waals surface area (Å²) in [6.07, 6.45) is 0.0528. The SMILES string of the molecule is CC(C)Oc1ccc(NC(=O)[C@H](C)N)cc1Cl. The number of anilines is 1. The van der Waals surface area contributed by atoms with Gasteiger partial charge in [0.1, 0.15) is 5.75 Å². The Morgan fingerprint density at radius 3 is 2.53 bits per heavy atom. The fraction of sp³-hybridized carbons (Fsp3) is 0.417. The van der Waals surface area contributed by atoms with Gasteiger partial charge in [-0.2, -0.15) is 0 Å². The molecule has 0 saturated heterocycles. The molecule has 4 nitrogen and oxygen atoms in total. The molecule has 0 fully saturated rings. The number of nitrogens with two attached hydrogens (primary N) is 1. The van der Waals surface area contributed by atoms with Crippen LogP contribution in [0.15, 0.2) is 18.2 Å². The van der Waals surface area contributed by atoms with Crippen LogP contribution in [0.3, 0.4) is 0 Å². The van der Waals surface area contributed by atoms with Gasteiger partial charge in [-0.15, -0.1) is 0 Å². The van der Waals surface area contributed by atoms with Crippen LogP contribution in [0.1, 0.15) is 20.8 Å². The highest BCUT2D eigenvalue weighted by Crippen LogP contribution is 2.28. The van der Waals surface area contributed by atoms with Crippen LogP contribution in [0, 0.1) is 0 Å². The molecule has 3 N–H and O–H groups in total. The molecule has 0 spiro atoms. The van der Waals surface area contributed by atoms with Crippen LogP contribution in [0.2, 0.25) is 5.02 Å². The van der Waals surface area contributed by atoms with Crippen molar-refractivity contribution in [2.45, 2.75) is 32.9 Å². The van der Waals surface area contributed by atoms with E-state index in [1.54, 1.807) is 25.1 Å². The van der Waals surface area contributed by atoms with Crippen LogP contribution < -0.4 is 15.8 Å². The third kappa shape index (κ3) is 4.24. The molecule has 1 aromatic rings. The van der Waals surface area contributed by atoms with Gasteiger partial charge >= 0.3 is 0 Å². The van der Waals surface area contributed by atoms with Crippen LogP contribution in [-0.4, -0.2) is 18.1 Å². The Balaban J connectivity index is 2.78.